The summed E-state index contributed by atoms with van der Waals surface area (Å²) in [5.74, 6) is -1.95. The Labute approximate surface area is 154 Å². The van der Waals surface area contributed by atoms with Crippen molar-refractivity contribution in [2.75, 3.05) is 6.54 Å². The van der Waals surface area contributed by atoms with E-state index < -0.39 is 23.9 Å². The van der Waals surface area contributed by atoms with Crippen LogP contribution in [0.1, 0.15) is 21.6 Å². The van der Waals surface area contributed by atoms with Gasteiger partial charge in [0.15, 0.2) is 11.1 Å². The molecule has 9 heteroatoms. The van der Waals surface area contributed by atoms with Gasteiger partial charge in [-0.1, -0.05) is 30.3 Å². The Kier molecular flexibility index (Phi) is 6.13. The van der Waals surface area contributed by atoms with Crippen LogP contribution in [0.4, 0.5) is 0 Å². The third-order valence-corrected chi connectivity index (χ3v) is 3.78. The van der Waals surface area contributed by atoms with Crippen LogP contribution in [-0.2, 0) is 17.6 Å². The minimum absolute atomic E-state index is 0. The number of rotatable bonds is 6. The molecule has 2 aromatic heterocycles. The largest absolute Gasteiger partial charge is 0.480 e. The molecule has 0 aliphatic carbocycles. The quantitative estimate of drug-likeness (QED) is 0.594. The van der Waals surface area contributed by atoms with Crippen LogP contribution in [0.2, 0.25) is 0 Å². The lowest BCUT2D eigenvalue weighted by Crippen LogP contribution is -2.33. The zero-order valence-electron chi connectivity index (χ0n) is 13.6. The summed E-state index contributed by atoms with van der Waals surface area (Å²) in [5.41, 5.74) is 1.34. The van der Waals surface area contributed by atoms with Crippen LogP contribution in [0.15, 0.2) is 47.5 Å². The van der Waals surface area contributed by atoms with Crippen molar-refractivity contribution in [1.82, 2.24) is 19.9 Å². The van der Waals surface area contributed by atoms with Crippen LogP contribution in [0.5, 0.6) is 0 Å². The van der Waals surface area contributed by atoms with Crippen molar-refractivity contribution >= 4 is 29.9 Å². The summed E-state index contributed by atoms with van der Waals surface area (Å²) in [5, 5.41) is 13.7. The van der Waals surface area contributed by atoms with E-state index in [1.807, 2.05) is 30.3 Å². The third kappa shape index (κ3) is 4.09. The number of aromatic nitrogens is 3. The first-order valence-electron chi connectivity index (χ1n) is 7.68. The lowest BCUT2D eigenvalue weighted by molar-refractivity contribution is -0.135. The number of aromatic amines is 1. The smallest absolute Gasteiger partial charge is 0.322 e. The third-order valence-electron chi connectivity index (χ3n) is 3.78. The van der Waals surface area contributed by atoms with Crippen molar-refractivity contribution in [3.05, 3.63) is 69.8 Å². The normalized spacial score (nSPS) is 10.3. The van der Waals surface area contributed by atoms with E-state index in [2.05, 4.69) is 15.4 Å². The summed E-state index contributed by atoms with van der Waals surface area (Å²) >= 11 is 0. The van der Waals surface area contributed by atoms with Crippen molar-refractivity contribution in [2.24, 2.45) is 0 Å². The average Bonchev–Trinajstić information content (AvgIpc) is 3.08. The maximum atomic E-state index is 12.4. The van der Waals surface area contributed by atoms with Gasteiger partial charge in [-0.25, -0.2) is 9.50 Å². The van der Waals surface area contributed by atoms with Crippen molar-refractivity contribution in [3.8, 4) is 0 Å². The van der Waals surface area contributed by atoms with Crippen LogP contribution < -0.4 is 10.7 Å². The minimum atomic E-state index is -1.19. The molecule has 8 nitrogen and oxygen atoms in total. The van der Waals surface area contributed by atoms with Gasteiger partial charge in [-0.3, -0.25) is 19.5 Å². The van der Waals surface area contributed by atoms with Gasteiger partial charge in [0, 0.05) is 11.8 Å². The molecule has 0 aliphatic heterocycles. The summed E-state index contributed by atoms with van der Waals surface area (Å²) in [4.78, 5) is 39.1. The average molecular weight is 377 g/mol. The number of amides is 1. The summed E-state index contributed by atoms with van der Waals surface area (Å²) in [6.45, 7) is -0.565. The number of hydrogen-bond acceptors (Lipinski definition) is 4. The Balaban J connectivity index is 0.00000243. The number of halogens is 1. The molecule has 3 rings (SSSR count). The maximum absolute atomic E-state index is 12.4. The van der Waals surface area contributed by atoms with E-state index in [-0.39, 0.29) is 23.6 Å². The molecule has 136 valence electrons. The number of benzene rings is 1. The minimum Gasteiger partial charge on any atom is -0.480 e. The molecule has 26 heavy (non-hydrogen) atoms. The van der Waals surface area contributed by atoms with Crippen LogP contribution in [-0.4, -0.2) is 38.1 Å². The second kappa shape index (κ2) is 8.30. The summed E-state index contributed by atoms with van der Waals surface area (Å²) in [6.07, 6.45) is 2.69. The topological polar surface area (TPSA) is 117 Å². The zero-order chi connectivity index (χ0) is 17.8. The highest BCUT2D eigenvalue weighted by Gasteiger charge is 2.19. The van der Waals surface area contributed by atoms with Crippen molar-refractivity contribution < 1.29 is 14.7 Å². The molecule has 3 N–H and O–H groups in total. The van der Waals surface area contributed by atoms with E-state index in [4.69, 9.17) is 5.11 Å². The SMILES string of the molecule is Cl.O=C(O)CNC(=O)c1c(=O)cc(CCc2ccccc2)n2[nH]cnc12. The lowest BCUT2D eigenvalue weighted by Gasteiger charge is -2.08. The second-order valence-corrected chi connectivity index (χ2v) is 5.48. The number of nitrogens with one attached hydrogen (secondary N) is 2. The van der Waals surface area contributed by atoms with Crippen molar-refractivity contribution in [2.45, 2.75) is 12.8 Å². The van der Waals surface area contributed by atoms with E-state index in [1.54, 1.807) is 4.52 Å². The molecule has 0 atom stereocenters. The van der Waals surface area contributed by atoms with E-state index in [0.717, 1.165) is 12.0 Å². The Morgan fingerprint density at radius 3 is 2.62 bits per heavy atom. The van der Waals surface area contributed by atoms with Crippen molar-refractivity contribution in [3.63, 3.8) is 0 Å². The number of carbonyl (C=O) groups excluding carboxylic acids is 1. The van der Waals surface area contributed by atoms with Crippen LogP contribution in [0, 0.1) is 0 Å². The first-order valence-corrected chi connectivity index (χ1v) is 7.68. The standard InChI is InChI=1S/C17H16N4O4.ClH/c22-13-8-12(7-6-11-4-2-1-3-5-11)21-16(19-10-20-21)15(13)17(25)18-9-14(23)24;/h1-5,8,10H,6-7,9H2,(H,18,25)(H,19,20)(H,23,24);1H. The van der Waals surface area contributed by atoms with Gasteiger partial charge in [0.1, 0.15) is 18.4 Å². The van der Waals surface area contributed by atoms with Crippen LogP contribution in [0.25, 0.3) is 5.65 Å². The molecule has 1 amide bonds. The number of nitrogens with zero attached hydrogens (tertiary/aromatic N) is 2. The molecular weight excluding hydrogens is 360 g/mol. The first-order chi connectivity index (χ1) is 12.1. The number of hydrogen-bond donors (Lipinski definition) is 3. The van der Waals surface area contributed by atoms with Gasteiger partial charge < -0.3 is 10.4 Å². The Morgan fingerprint density at radius 2 is 1.92 bits per heavy atom. The number of aliphatic carboxylic acids is 1. The number of H-pyrrole nitrogens is 1. The molecule has 3 aromatic rings. The molecule has 0 bridgehead atoms. The number of carboxylic acids is 1. The Hall–Kier alpha value is -3.13. The molecule has 0 spiro atoms. The highest BCUT2D eigenvalue weighted by atomic mass is 35.5. The van der Waals surface area contributed by atoms with E-state index in [1.165, 1.54) is 12.4 Å². The fourth-order valence-electron chi connectivity index (χ4n) is 2.62. The van der Waals surface area contributed by atoms with Crippen LogP contribution in [0.3, 0.4) is 0 Å². The van der Waals surface area contributed by atoms with Gasteiger partial charge in [0.05, 0.1) is 0 Å². The van der Waals surface area contributed by atoms with Gasteiger partial charge in [-0.15, -0.1) is 12.4 Å². The summed E-state index contributed by atoms with van der Waals surface area (Å²) < 4.78 is 1.57. The Morgan fingerprint density at radius 1 is 1.19 bits per heavy atom. The predicted octanol–water partition coefficient (Wildman–Crippen LogP) is 1.04. The molecule has 1 aromatic carbocycles. The van der Waals surface area contributed by atoms with Gasteiger partial charge >= 0.3 is 5.97 Å². The molecule has 0 saturated carbocycles. The second-order valence-electron chi connectivity index (χ2n) is 5.48. The monoisotopic (exact) mass is 376 g/mol. The fourth-order valence-corrected chi connectivity index (χ4v) is 2.62. The molecular formula is C17H17ClN4O4. The number of carbonyl (C=O) groups is 2. The highest BCUT2D eigenvalue weighted by molar-refractivity contribution is 6.00. The zero-order valence-corrected chi connectivity index (χ0v) is 14.5. The van der Waals surface area contributed by atoms with Gasteiger partial charge in [-0.05, 0) is 18.4 Å². The molecule has 0 saturated heterocycles. The molecule has 0 aliphatic rings. The highest BCUT2D eigenvalue weighted by Crippen LogP contribution is 2.10. The number of fused-ring (bicyclic) bond motifs is 1. The fraction of sp³-hybridized carbons (Fsp3) is 0.176. The van der Waals surface area contributed by atoms with Gasteiger partial charge in [-0.2, -0.15) is 0 Å². The molecule has 0 fully saturated rings. The molecule has 0 radical (unpaired) electrons. The van der Waals surface area contributed by atoms with E-state index >= 15 is 0 Å². The lowest BCUT2D eigenvalue weighted by atomic mass is 10.1. The predicted molar refractivity (Wildman–Crippen MR) is 96.9 cm³/mol. The number of pyridine rings is 1. The maximum Gasteiger partial charge on any atom is 0.322 e. The summed E-state index contributed by atoms with van der Waals surface area (Å²) in [6, 6.07) is 11.2. The molecule has 2 heterocycles. The van der Waals surface area contributed by atoms with Crippen molar-refractivity contribution in [1.29, 1.82) is 0 Å². The van der Waals surface area contributed by atoms with E-state index in [0.29, 0.717) is 12.1 Å². The summed E-state index contributed by atoms with van der Waals surface area (Å²) in [7, 11) is 0. The van der Waals surface area contributed by atoms with Crippen LogP contribution >= 0.6 is 12.4 Å². The van der Waals surface area contributed by atoms with Gasteiger partial charge in [0.2, 0.25) is 0 Å². The van der Waals surface area contributed by atoms with E-state index in [9.17, 15) is 14.4 Å². The number of carboxylic acid groups (broad SMARTS) is 1. The molecule has 0 unspecified atom stereocenters. The first kappa shape index (κ1) is 19.2. The number of aryl methyl sites for hydroxylation is 2. The van der Waals surface area contributed by atoms with Gasteiger partial charge in [0.25, 0.3) is 5.91 Å². The Bertz CT molecular complexity index is 981.